The van der Waals surface area contributed by atoms with Crippen molar-refractivity contribution >= 4 is 5.69 Å². The summed E-state index contributed by atoms with van der Waals surface area (Å²) in [5.41, 5.74) is 10.1. The van der Waals surface area contributed by atoms with Gasteiger partial charge in [-0.1, -0.05) is 48.5 Å². The molecule has 2 aromatic carbocycles. The molecule has 1 aromatic heterocycles. The molecule has 0 atom stereocenters. The second kappa shape index (κ2) is 7.26. The summed E-state index contributed by atoms with van der Waals surface area (Å²) in [6.07, 6.45) is 0. The number of benzene rings is 2. The lowest BCUT2D eigenvalue weighted by atomic mass is 10.2. The van der Waals surface area contributed by atoms with E-state index in [0.29, 0.717) is 30.2 Å². The highest BCUT2D eigenvalue weighted by Crippen LogP contribution is 2.20. The summed E-state index contributed by atoms with van der Waals surface area (Å²) in [4.78, 5) is 12.8. The zero-order valence-electron chi connectivity index (χ0n) is 14.5. The topological polar surface area (TPSA) is 57.2 Å². The molecule has 0 bridgehead atoms. The van der Waals surface area contributed by atoms with Crippen molar-refractivity contribution in [2.75, 3.05) is 5.73 Å². The number of nitrogens with zero attached hydrogens (tertiary/aromatic N) is 1. The number of hydrogen-bond donors (Lipinski definition) is 1. The van der Waals surface area contributed by atoms with Crippen LogP contribution >= 0.6 is 0 Å². The fourth-order valence-electron chi connectivity index (χ4n) is 2.78. The summed E-state index contributed by atoms with van der Waals surface area (Å²) in [5.74, 6) is 0.607. The molecule has 0 aliphatic rings. The minimum Gasteiger partial charge on any atom is -0.488 e. The van der Waals surface area contributed by atoms with Crippen molar-refractivity contribution in [2.45, 2.75) is 27.0 Å². The van der Waals surface area contributed by atoms with Crippen molar-refractivity contribution in [2.24, 2.45) is 0 Å². The van der Waals surface area contributed by atoms with Crippen LogP contribution in [0.4, 0.5) is 5.69 Å². The van der Waals surface area contributed by atoms with Crippen LogP contribution in [0.1, 0.15) is 22.4 Å². The van der Waals surface area contributed by atoms with E-state index >= 15 is 0 Å². The third-order valence-corrected chi connectivity index (χ3v) is 4.32. The van der Waals surface area contributed by atoms with Gasteiger partial charge in [0.05, 0.1) is 12.1 Å². The molecule has 1 heterocycles. The zero-order chi connectivity index (χ0) is 17.8. The van der Waals surface area contributed by atoms with Gasteiger partial charge in [0.15, 0.2) is 0 Å². The van der Waals surface area contributed by atoms with Crippen LogP contribution in [0.2, 0.25) is 0 Å². The number of anilines is 1. The summed E-state index contributed by atoms with van der Waals surface area (Å²) in [6, 6.07) is 19.4. The second-order valence-corrected chi connectivity index (χ2v) is 6.14. The Hall–Kier alpha value is -3.01. The highest BCUT2D eigenvalue weighted by Gasteiger charge is 2.11. The first kappa shape index (κ1) is 16.8. The minimum atomic E-state index is -0.0279. The Bertz CT molecular complexity index is 930. The average Bonchev–Trinajstić information content (AvgIpc) is 2.63. The van der Waals surface area contributed by atoms with E-state index in [4.69, 9.17) is 10.5 Å². The first-order valence-electron chi connectivity index (χ1n) is 8.27. The fraction of sp³-hybridized carbons (Fsp3) is 0.190. The van der Waals surface area contributed by atoms with E-state index < -0.39 is 0 Å². The molecule has 128 valence electrons. The Morgan fingerprint density at radius 1 is 1.00 bits per heavy atom. The van der Waals surface area contributed by atoms with Crippen LogP contribution in [0, 0.1) is 13.8 Å². The Labute approximate surface area is 147 Å². The maximum atomic E-state index is 12.8. The number of nitrogen functional groups attached to an aromatic ring is 1. The molecule has 3 rings (SSSR count). The monoisotopic (exact) mass is 334 g/mol. The van der Waals surface area contributed by atoms with Crippen molar-refractivity contribution in [3.05, 3.63) is 93.4 Å². The Kier molecular flexibility index (Phi) is 4.89. The van der Waals surface area contributed by atoms with Gasteiger partial charge in [-0.25, -0.2) is 0 Å². The van der Waals surface area contributed by atoms with E-state index in [1.807, 2.05) is 67.6 Å². The first-order valence-corrected chi connectivity index (χ1v) is 8.27. The van der Waals surface area contributed by atoms with Gasteiger partial charge in [-0.2, -0.15) is 0 Å². The van der Waals surface area contributed by atoms with Crippen LogP contribution in [-0.2, 0) is 13.2 Å². The fourth-order valence-corrected chi connectivity index (χ4v) is 2.78. The van der Waals surface area contributed by atoms with E-state index in [9.17, 15) is 4.79 Å². The number of pyridine rings is 1. The van der Waals surface area contributed by atoms with Gasteiger partial charge in [-0.15, -0.1) is 0 Å². The van der Waals surface area contributed by atoms with Gasteiger partial charge in [0.1, 0.15) is 12.4 Å². The molecule has 0 amide bonds. The van der Waals surface area contributed by atoms with Gasteiger partial charge in [0.2, 0.25) is 0 Å². The second-order valence-electron chi connectivity index (χ2n) is 6.14. The average molecular weight is 334 g/mol. The Balaban J connectivity index is 1.85. The molecule has 4 heteroatoms. The molecule has 0 aliphatic heterocycles. The van der Waals surface area contributed by atoms with E-state index in [0.717, 1.165) is 16.8 Å². The quantitative estimate of drug-likeness (QED) is 0.724. The Morgan fingerprint density at radius 2 is 1.68 bits per heavy atom. The van der Waals surface area contributed by atoms with Gasteiger partial charge in [-0.3, -0.25) is 4.79 Å². The number of nitrogens with two attached hydrogens (primary N) is 1. The van der Waals surface area contributed by atoms with Gasteiger partial charge in [-0.05, 0) is 31.5 Å². The van der Waals surface area contributed by atoms with Crippen LogP contribution in [0.25, 0.3) is 0 Å². The van der Waals surface area contributed by atoms with Crippen molar-refractivity contribution in [1.29, 1.82) is 0 Å². The van der Waals surface area contributed by atoms with Gasteiger partial charge in [0, 0.05) is 16.9 Å². The molecule has 2 N–H and O–H groups in total. The van der Waals surface area contributed by atoms with Crippen LogP contribution in [0.3, 0.4) is 0 Å². The van der Waals surface area contributed by atoms with Crippen LogP contribution < -0.4 is 16.0 Å². The molecular weight excluding hydrogens is 312 g/mol. The molecule has 0 saturated carbocycles. The van der Waals surface area contributed by atoms with E-state index in [1.165, 1.54) is 0 Å². The number of aromatic nitrogens is 1. The molecule has 0 fully saturated rings. The van der Waals surface area contributed by atoms with Crippen LogP contribution in [0.15, 0.2) is 65.5 Å². The lowest BCUT2D eigenvalue weighted by molar-refractivity contribution is 0.303. The molecule has 0 radical (unpaired) electrons. The number of aryl methyl sites for hydroxylation is 1. The SMILES string of the molecule is Cc1c(OCc2ccccc2N)cc(C)n(Cc2ccccc2)c1=O. The van der Waals surface area contributed by atoms with Crippen molar-refractivity contribution < 1.29 is 4.74 Å². The molecule has 0 unspecified atom stereocenters. The minimum absolute atomic E-state index is 0.0279. The summed E-state index contributed by atoms with van der Waals surface area (Å²) in [6.45, 7) is 4.62. The molecule has 0 aliphatic carbocycles. The van der Waals surface area contributed by atoms with Crippen molar-refractivity contribution in [3.63, 3.8) is 0 Å². The standard InChI is InChI=1S/C21H22N2O2/c1-15-12-20(25-14-18-10-6-7-11-19(18)22)16(2)21(24)23(15)13-17-8-4-3-5-9-17/h3-12H,13-14,22H2,1-2H3. The van der Waals surface area contributed by atoms with Crippen molar-refractivity contribution in [1.82, 2.24) is 4.57 Å². The largest absolute Gasteiger partial charge is 0.488 e. The lowest BCUT2D eigenvalue weighted by Gasteiger charge is -2.16. The summed E-state index contributed by atoms with van der Waals surface area (Å²) in [7, 11) is 0. The maximum Gasteiger partial charge on any atom is 0.257 e. The molecular formula is C21H22N2O2. The van der Waals surface area contributed by atoms with Gasteiger partial charge < -0.3 is 15.0 Å². The van der Waals surface area contributed by atoms with E-state index in [1.54, 1.807) is 11.5 Å². The number of rotatable bonds is 5. The number of hydrogen-bond acceptors (Lipinski definition) is 3. The summed E-state index contributed by atoms with van der Waals surface area (Å²) in [5, 5.41) is 0. The normalized spacial score (nSPS) is 10.6. The zero-order valence-corrected chi connectivity index (χ0v) is 14.5. The smallest absolute Gasteiger partial charge is 0.257 e. The molecule has 25 heavy (non-hydrogen) atoms. The lowest BCUT2D eigenvalue weighted by Crippen LogP contribution is -2.25. The first-order chi connectivity index (χ1) is 12.1. The third kappa shape index (κ3) is 3.74. The molecule has 0 saturated heterocycles. The van der Waals surface area contributed by atoms with Crippen molar-refractivity contribution in [3.8, 4) is 5.75 Å². The number of ether oxygens (including phenoxy) is 1. The maximum absolute atomic E-state index is 12.8. The number of para-hydroxylation sites is 1. The van der Waals surface area contributed by atoms with Gasteiger partial charge >= 0.3 is 0 Å². The third-order valence-electron chi connectivity index (χ3n) is 4.32. The molecule has 4 nitrogen and oxygen atoms in total. The molecule has 0 spiro atoms. The summed E-state index contributed by atoms with van der Waals surface area (Å²) >= 11 is 0. The highest BCUT2D eigenvalue weighted by atomic mass is 16.5. The highest BCUT2D eigenvalue weighted by molar-refractivity contribution is 5.46. The van der Waals surface area contributed by atoms with E-state index in [-0.39, 0.29) is 5.56 Å². The summed E-state index contributed by atoms with van der Waals surface area (Å²) < 4.78 is 7.65. The van der Waals surface area contributed by atoms with Crippen LogP contribution in [0.5, 0.6) is 5.75 Å². The predicted molar refractivity (Wildman–Crippen MR) is 101 cm³/mol. The predicted octanol–water partition coefficient (Wildman–Crippen LogP) is 3.67. The Morgan fingerprint density at radius 3 is 2.40 bits per heavy atom. The van der Waals surface area contributed by atoms with Gasteiger partial charge in [0.25, 0.3) is 5.56 Å². The van der Waals surface area contributed by atoms with E-state index in [2.05, 4.69) is 0 Å². The van der Waals surface area contributed by atoms with Crippen LogP contribution in [-0.4, -0.2) is 4.57 Å². The molecule has 3 aromatic rings.